The number of hydrogen-bond donors (Lipinski definition) is 5. The lowest BCUT2D eigenvalue weighted by Gasteiger charge is -2.40. The van der Waals surface area contributed by atoms with E-state index in [2.05, 4.69) is 16.0 Å². The molecule has 0 aliphatic carbocycles. The summed E-state index contributed by atoms with van der Waals surface area (Å²) in [7, 11) is 0. The van der Waals surface area contributed by atoms with Crippen molar-refractivity contribution in [3.8, 4) is 0 Å². The first-order valence-corrected chi connectivity index (χ1v) is 7.28. The number of nitrogens with one attached hydrogen (secondary N) is 3. The predicted molar refractivity (Wildman–Crippen MR) is 71.1 cm³/mol. The summed E-state index contributed by atoms with van der Waals surface area (Å²) in [5.41, 5.74) is 5.56. The van der Waals surface area contributed by atoms with Crippen molar-refractivity contribution in [1.82, 2.24) is 20.9 Å². The van der Waals surface area contributed by atoms with Crippen LogP contribution >= 0.6 is 11.6 Å². The fourth-order valence-electron chi connectivity index (χ4n) is 3.27. The monoisotopic (exact) mass is 308 g/mol. The minimum Gasteiger partial charge on any atom is -0.394 e. The number of rotatable bonds is 2. The highest BCUT2D eigenvalue weighted by Gasteiger charge is 2.51. The van der Waals surface area contributed by atoms with Gasteiger partial charge in [0.1, 0.15) is 24.1 Å². The molecule has 0 aromatic heterocycles. The number of ether oxygens (including phenoxy) is 1. The number of fused-ring (bicyclic) bond motifs is 1. The summed E-state index contributed by atoms with van der Waals surface area (Å²) in [6.07, 6.45) is -2.78. The van der Waals surface area contributed by atoms with E-state index in [1.807, 2.05) is 4.90 Å². The molecule has 3 aliphatic rings. The van der Waals surface area contributed by atoms with Crippen LogP contribution in [0.2, 0.25) is 0 Å². The Labute approximate surface area is 121 Å². The normalized spacial score (nSPS) is 53.2. The summed E-state index contributed by atoms with van der Waals surface area (Å²) in [6.45, 7) is 2.00. The number of hydrogen-bond acceptors (Lipinski definition) is 7. The van der Waals surface area contributed by atoms with Crippen LogP contribution in [0.5, 0.6) is 0 Å². The number of halogens is 2. The quantitative estimate of drug-likeness (QED) is 0.305. The van der Waals surface area contributed by atoms with Gasteiger partial charge in [0.15, 0.2) is 0 Å². The lowest BCUT2D eigenvalue weighted by molar-refractivity contribution is -0.0948. The fourth-order valence-corrected chi connectivity index (χ4v) is 3.54. The molecule has 0 radical (unpaired) electrons. The topological polar surface area (TPSA) is 94.8 Å². The molecule has 3 saturated heterocycles. The Kier molecular flexibility index (Phi) is 4.17. The van der Waals surface area contributed by atoms with Crippen LogP contribution in [0.3, 0.4) is 0 Å². The molecule has 0 saturated carbocycles. The molecule has 1 unspecified atom stereocenters. The summed E-state index contributed by atoms with van der Waals surface area (Å²) < 4.78 is 19.7. The Bertz CT molecular complexity index is 368. The molecule has 3 rings (SSSR count). The van der Waals surface area contributed by atoms with Crippen molar-refractivity contribution < 1.29 is 14.2 Å². The van der Waals surface area contributed by atoms with Gasteiger partial charge in [-0.1, -0.05) is 18.5 Å². The van der Waals surface area contributed by atoms with E-state index in [1.54, 1.807) is 6.92 Å². The third kappa shape index (κ3) is 2.34. The molecule has 0 aromatic carbocycles. The lowest BCUT2D eigenvalue weighted by atomic mass is 10.0. The number of nitrogens with two attached hydrogens (primary N) is 1. The first kappa shape index (κ1) is 14.9. The maximum Gasteiger partial charge on any atom is 0.137 e. The van der Waals surface area contributed by atoms with Gasteiger partial charge in [0, 0.05) is 5.92 Å². The minimum absolute atomic E-state index is 0.0352. The first-order valence-electron chi connectivity index (χ1n) is 6.84. The molecule has 7 nitrogen and oxygen atoms in total. The van der Waals surface area contributed by atoms with E-state index < -0.39 is 24.1 Å². The SMILES string of the molecule is C[C@@H]1C(N2CN[C@@H]3[C@H](N)N[C@H](Cl)N[C@@H]32)O[C@H](CO)[C@@H]1[18F]. The summed E-state index contributed by atoms with van der Waals surface area (Å²) in [6, 6.07) is -0.0352. The highest BCUT2D eigenvalue weighted by molar-refractivity contribution is 6.20. The first-order chi connectivity index (χ1) is 9.52. The lowest BCUT2D eigenvalue weighted by Crippen LogP contribution is -2.70. The molecule has 3 heterocycles. The van der Waals surface area contributed by atoms with Crippen LogP contribution in [0.1, 0.15) is 6.92 Å². The van der Waals surface area contributed by atoms with Crippen molar-refractivity contribution >= 4 is 11.6 Å². The van der Waals surface area contributed by atoms with Gasteiger partial charge in [0.25, 0.3) is 0 Å². The zero-order valence-electron chi connectivity index (χ0n) is 11.2. The Morgan fingerprint density at radius 1 is 1.50 bits per heavy atom. The molecule has 6 N–H and O–H groups in total. The number of aliphatic hydroxyl groups excluding tert-OH is 1. The summed E-state index contributed by atoms with van der Waals surface area (Å²) in [5, 5.41) is 18.6. The van der Waals surface area contributed by atoms with E-state index in [0.717, 1.165) is 0 Å². The van der Waals surface area contributed by atoms with Crippen molar-refractivity contribution in [1.29, 1.82) is 0 Å². The molecule has 3 fully saturated rings. The van der Waals surface area contributed by atoms with Crippen LogP contribution < -0.4 is 21.7 Å². The highest BCUT2D eigenvalue weighted by atomic mass is 35.5. The zero-order valence-corrected chi connectivity index (χ0v) is 11.9. The second-order valence-electron chi connectivity index (χ2n) is 5.62. The zero-order chi connectivity index (χ0) is 14.4. The van der Waals surface area contributed by atoms with E-state index in [1.165, 1.54) is 0 Å². The Balaban J connectivity index is 1.75. The van der Waals surface area contributed by atoms with Crippen LogP contribution in [0, 0.1) is 5.92 Å². The van der Waals surface area contributed by atoms with E-state index in [-0.39, 0.29) is 30.9 Å². The molecular weight excluding hydrogens is 288 g/mol. The average molecular weight is 309 g/mol. The van der Waals surface area contributed by atoms with Crippen LogP contribution in [0.25, 0.3) is 0 Å². The van der Waals surface area contributed by atoms with Gasteiger partial charge in [0.2, 0.25) is 0 Å². The fraction of sp³-hybridized carbons (Fsp3) is 1.00. The Hall–Kier alpha value is -0.0600. The molecule has 0 bridgehead atoms. The van der Waals surface area contributed by atoms with Gasteiger partial charge in [0.05, 0.1) is 31.6 Å². The predicted octanol–water partition coefficient (Wildman–Crippen LogP) is -1.76. The molecule has 3 aliphatic heterocycles. The van der Waals surface area contributed by atoms with Crippen molar-refractivity contribution in [3.63, 3.8) is 0 Å². The molecule has 20 heavy (non-hydrogen) atoms. The van der Waals surface area contributed by atoms with Gasteiger partial charge in [-0.3, -0.25) is 16.0 Å². The van der Waals surface area contributed by atoms with Crippen LogP contribution in [0.15, 0.2) is 0 Å². The van der Waals surface area contributed by atoms with E-state index in [4.69, 9.17) is 27.2 Å². The smallest absolute Gasteiger partial charge is 0.137 e. The molecule has 0 spiro atoms. The van der Waals surface area contributed by atoms with Gasteiger partial charge in [-0.25, -0.2) is 9.29 Å². The maximum absolute atomic E-state index is 14.0. The second kappa shape index (κ2) is 5.62. The Morgan fingerprint density at radius 3 is 2.90 bits per heavy atom. The molecule has 0 aromatic rings. The van der Waals surface area contributed by atoms with E-state index in [0.29, 0.717) is 6.67 Å². The number of nitrogens with zero attached hydrogens (tertiary/aromatic N) is 1. The van der Waals surface area contributed by atoms with Crippen LogP contribution in [0.4, 0.5) is 4.39 Å². The second-order valence-corrected chi connectivity index (χ2v) is 6.06. The van der Waals surface area contributed by atoms with Crippen LogP contribution in [-0.4, -0.2) is 65.8 Å². The standard InChI is InChI=1S/C11H21ClFN5O2/c1-4-6(13)5(2-19)20-10(4)18-3-15-7-8(14)16-11(12)17-9(7)18/h4-11,15-17,19H,2-3,14H2,1H3/t4-,5+,6+,7+,8+,9+,10?,11-/m0/s1/i13-1. The minimum atomic E-state index is -1.17. The number of aliphatic hydroxyl groups is 1. The molecule has 8 atom stereocenters. The van der Waals surface area contributed by atoms with Crippen molar-refractivity contribution in [2.45, 2.75) is 49.4 Å². The molecule has 9 heteroatoms. The molecule has 116 valence electrons. The van der Waals surface area contributed by atoms with Gasteiger partial charge >= 0.3 is 0 Å². The van der Waals surface area contributed by atoms with E-state index in [9.17, 15) is 4.39 Å². The maximum atomic E-state index is 14.0. The van der Waals surface area contributed by atoms with Crippen molar-refractivity contribution in [2.75, 3.05) is 13.3 Å². The van der Waals surface area contributed by atoms with Gasteiger partial charge in [-0.15, -0.1) is 0 Å². The summed E-state index contributed by atoms with van der Waals surface area (Å²) in [4.78, 5) is 1.98. The van der Waals surface area contributed by atoms with Gasteiger partial charge < -0.3 is 15.6 Å². The van der Waals surface area contributed by atoms with Crippen molar-refractivity contribution in [2.24, 2.45) is 11.7 Å². The van der Waals surface area contributed by atoms with Gasteiger partial charge in [-0.2, -0.15) is 0 Å². The van der Waals surface area contributed by atoms with Gasteiger partial charge in [-0.05, 0) is 0 Å². The van der Waals surface area contributed by atoms with Crippen molar-refractivity contribution in [3.05, 3.63) is 0 Å². The van der Waals surface area contributed by atoms with Crippen LogP contribution in [-0.2, 0) is 4.74 Å². The summed E-state index contributed by atoms with van der Waals surface area (Å²) in [5.74, 6) is -0.325. The number of alkyl halides is 2. The third-order valence-corrected chi connectivity index (χ3v) is 4.63. The summed E-state index contributed by atoms with van der Waals surface area (Å²) >= 11 is 6.06. The van der Waals surface area contributed by atoms with E-state index >= 15 is 0 Å². The molecule has 0 amide bonds. The average Bonchev–Trinajstić information content (AvgIpc) is 2.93. The highest BCUT2D eigenvalue weighted by Crippen LogP contribution is 2.34. The Morgan fingerprint density at radius 2 is 2.25 bits per heavy atom. The molecular formula is C11H21ClFN5O2. The largest absolute Gasteiger partial charge is 0.394 e. The third-order valence-electron chi connectivity index (χ3n) is 4.38.